The number of thioether (sulfide) groups is 1. The number of fused-ring (bicyclic) bond motifs is 3. The van der Waals surface area contributed by atoms with Crippen molar-refractivity contribution in [3.05, 3.63) is 76.2 Å². The van der Waals surface area contributed by atoms with Gasteiger partial charge >= 0.3 is 0 Å². The first-order valence-corrected chi connectivity index (χ1v) is 12.8. The van der Waals surface area contributed by atoms with Gasteiger partial charge in [-0.15, -0.1) is 11.8 Å². The van der Waals surface area contributed by atoms with Crippen LogP contribution in [0, 0.1) is 0 Å². The molecule has 6 rings (SSSR count). The molecule has 0 fully saturated rings. The van der Waals surface area contributed by atoms with Crippen molar-refractivity contribution in [1.29, 1.82) is 0 Å². The summed E-state index contributed by atoms with van der Waals surface area (Å²) in [5.41, 5.74) is 5.49. The Morgan fingerprint density at radius 1 is 1.24 bits per heavy atom. The maximum Gasteiger partial charge on any atom is 0.252 e. The summed E-state index contributed by atoms with van der Waals surface area (Å²) in [4.78, 5) is 30.3. The van der Waals surface area contributed by atoms with E-state index in [0.717, 1.165) is 50.8 Å². The molecule has 9 heteroatoms. The Morgan fingerprint density at radius 3 is 3.03 bits per heavy atom. The quantitative estimate of drug-likeness (QED) is 0.404. The van der Waals surface area contributed by atoms with Gasteiger partial charge in [0, 0.05) is 32.7 Å². The van der Waals surface area contributed by atoms with E-state index >= 15 is 0 Å². The van der Waals surface area contributed by atoms with E-state index in [1.165, 1.54) is 17.5 Å². The van der Waals surface area contributed by atoms with E-state index in [9.17, 15) is 9.59 Å². The third kappa shape index (κ3) is 3.78. The summed E-state index contributed by atoms with van der Waals surface area (Å²) in [6, 6.07) is 13.7. The Bertz CT molecular complexity index is 1460. The van der Waals surface area contributed by atoms with Crippen LogP contribution in [0.4, 0.5) is 5.69 Å². The molecule has 2 aromatic heterocycles. The summed E-state index contributed by atoms with van der Waals surface area (Å²) in [5, 5.41) is 11.8. The molecule has 4 aromatic rings. The molecule has 170 valence electrons. The van der Waals surface area contributed by atoms with Crippen LogP contribution in [-0.2, 0) is 17.6 Å². The van der Waals surface area contributed by atoms with E-state index in [1.54, 1.807) is 6.07 Å². The van der Waals surface area contributed by atoms with Gasteiger partial charge in [0.15, 0.2) is 0 Å². The molecule has 2 aliphatic rings. The minimum absolute atomic E-state index is 0.0127. The van der Waals surface area contributed by atoms with Crippen LogP contribution in [-0.4, -0.2) is 38.4 Å². The highest BCUT2D eigenvalue weighted by atomic mass is 79.9. The summed E-state index contributed by atoms with van der Waals surface area (Å²) in [6.45, 7) is 0. The first-order valence-electron chi connectivity index (χ1n) is 11.0. The highest BCUT2D eigenvalue weighted by Crippen LogP contribution is 2.36. The monoisotopic (exact) mass is 533 g/mol. The molecule has 0 radical (unpaired) electrons. The van der Waals surface area contributed by atoms with Crippen LogP contribution in [0.1, 0.15) is 28.0 Å². The Labute approximate surface area is 208 Å². The van der Waals surface area contributed by atoms with Crippen molar-refractivity contribution in [3.63, 3.8) is 0 Å². The lowest BCUT2D eigenvalue weighted by Gasteiger charge is -2.25. The number of rotatable bonds is 3. The standard InChI is InChI=1S/C25H20BrN5O2S/c26-18-11-23-20(30-24(32)13-34-23)10-17(18)25(33)29-15-5-6-21-14(9-15)12-28-31(21)22-7-8-27-19-4-2-1-3-16(19)22/h1-4,7-8,10-12,15H,5-6,9,13H2,(H,29,33)(H,30,32). The second-order valence-electron chi connectivity index (χ2n) is 8.45. The summed E-state index contributed by atoms with van der Waals surface area (Å²) in [5.74, 6) is 0.184. The number of nitrogens with one attached hydrogen (secondary N) is 2. The second kappa shape index (κ2) is 8.56. The van der Waals surface area contributed by atoms with E-state index in [0.29, 0.717) is 17.0 Å². The van der Waals surface area contributed by atoms with Gasteiger partial charge in [0.2, 0.25) is 5.91 Å². The highest BCUT2D eigenvalue weighted by molar-refractivity contribution is 9.10. The zero-order chi connectivity index (χ0) is 23.2. The Balaban J connectivity index is 1.23. The third-order valence-corrected chi connectivity index (χ3v) is 8.00. The summed E-state index contributed by atoms with van der Waals surface area (Å²) in [6.07, 6.45) is 6.08. The van der Waals surface area contributed by atoms with Crippen molar-refractivity contribution in [2.24, 2.45) is 0 Å². The van der Waals surface area contributed by atoms with Crippen molar-refractivity contribution in [2.75, 3.05) is 11.1 Å². The molecule has 3 heterocycles. The van der Waals surface area contributed by atoms with Gasteiger partial charge in [0.25, 0.3) is 5.91 Å². The topological polar surface area (TPSA) is 88.9 Å². The van der Waals surface area contributed by atoms with Crippen molar-refractivity contribution < 1.29 is 9.59 Å². The van der Waals surface area contributed by atoms with Crippen molar-refractivity contribution in [1.82, 2.24) is 20.1 Å². The number of carbonyl (C=O) groups excluding carboxylic acids is 2. The number of halogens is 1. The number of benzene rings is 2. The van der Waals surface area contributed by atoms with Crippen LogP contribution < -0.4 is 10.6 Å². The number of anilines is 1. The van der Waals surface area contributed by atoms with Crippen LogP contribution in [0.5, 0.6) is 0 Å². The Hall–Kier alpha value is -3.17. The second-order valence-corrected chi connectivity index (χ2v) is 10.3. The number of carbonyl (C=O) groups is 2. The summed E-state index contributed by atoms with van der Waals surface area (Å²) < 4.78 is 2.74. The molecule has 1 aliphatic carbocycles. The van der Waals surface area contributed by atoms with Crippen LogP contribution in [0.15, 0.2) is 64.2 Å². The lowest BCUT2D eigenvalue weighted by atomic mass is 9.93. The number of hydrogen-bond acceptors (Lipinski definition) is 5. The number of para-hydroxylation sites is 1. The maximum absolute atomic E-state index is 13.1. The molecule has 0 spiro atoms. The first kappa shape index (κ1) is 21.4. The molecule has 1 unspecified atom stereocenters. The first-order chi connectivity index (χ1) is 16.6. The average Bonchev–Trinajstić information content (AvgIpc) is 3.26. The molecule has 0 saturated heterocycles. The van der Waals surface area contributed by atoms with Crippen molar-refractivity contribution in [2.45, 2.75) is 30.2 Å². The average molecular weight is 534 g/mol. The summed E-state index contributed by atoms with van der Waals surface area (Å²) in [7, 11) is 0. The van der Waals surface area contributed by atoms with Crippen molar-refractivity contribution >= 4 is 56.1 Å². The molecular weight excluding hydrogens is 514 g/mol. The third-order valence-electron chi connectivity index (χ3n) is 6.29. The maximum atomic E-state index is 13.1. The minimum atomic E-state index is -0.152. The van der Waals surface area contributed by atoms with Crippen LogP contribution in [0.2, 0.25) is 0 Å². The van der Waals surface area contributed by atoms with Crippen molar-refractivity contribution in [3.8, 4) is 5.69 Å². The molecule has 34 heavy (non-hydrogen) atoms. The minimum Gasteiger partial charge on any atom is -0.349 e. The van der Waals surface area contributed by atoms with E-state index in [2.05, 4.69) is 42.7 Å². The lowest BCUT2D eigenvalue weighted by molar-refractivity contribution is -0.113. The van der Waals surface area contributed by atoms with Gasteiger partial charge in [-0.2, -0.15) is 5.10 Å². The fraction of sp³-hybridized carbons (Fsp3) is 0.200. The molecule has 1 aliphatic heterocycles. The van der Waals surface area contributed by atoms with Gasteiger partial charge in [-0.1, -0.05) is 18.2 Å². The van der Waals surface area contributed by atoms with Crippen LogP contribution in [0.25, 0.3) is 16.6 Å². The number of amides is 2. The molecule has 7 nitrogen and oxygen atoms in total. The highest BCUT2D eigenvalue weighted by Gasteiger charge is 2.26. The number of pyridine rings is 1. The smallest absolute Gasteiger partial charge is 0.252 e. The van der Waals surface area contributed by atoms with E-state index in [4.69, 9.17) is 0 Å². The zero-order valence-corrected chi connectivity index (χ0v) is 20.4. The van der Waals surface area contributed by atoms with E-state index in [-0.39, 0.29) is 17.9 Å². The van der Waals surface area contributed by atoms with E-state index < -0.39 is 0 Å². The molecule has 0 saturated carbocycles. The van der Waals surface area contributed by atoms with Gasteiger partial charge in [0.1, 0.15) is 0 Å². The fourth-order valence-corrected chi connectivity index (χ4v) is 6.16. The Kier molecular flexibility index (Phi) is 5.38. The molecular formula is C25H20BrN5O2S. The SMILES string of the molecule is O=C1CSc2cc(Br)c(C(=O)NC3CCc4c(cnn4-c4ccnc5ccccc45)C3)cc2N1. The van der Waals surface area contributed by atoms with Crippen LogP contribution in [0.3, 0.4) is 0 Å². The van der Waals surface area contributed by atoms with Crippen LogP contribution >= 0.6 is 27.7 Å². The number of aromatic nitrogens is 3. The van der Waals surface area contributed by atoms with Gasteiger partial charge in [-0.25, -0.2) is 4.68 Å². The molecule has 2 aromatic carbocycles. The molecule has 1 atom stereocenters. The van der Waals surface area contributed by atoms with Gasteiger partial charge < -0.3 is 10.6 Å². The molecule has 2 amide bonds. The van der Waals surface area contributed by atoms with Gasteiger partial charge in [-0.05, 0) is 65.0 Å². The molecule has 0 bridgehead atoms. The van der Waals surface area contributed by atoms with Gasteiger partial charge in [0.05, 0.1) is 34.4 Å². The Morgan fingerprint density at radius 2 is 2.12 bits per heavy atom. The summed E-state index contributed by atoms with van der Waals surface area (Å²) >= 11 is 5.00. The largest absolute Gasteiger partial charge is 0.349 e. The number of hydrogen-bond donors (Lipinski definition) is 2. The fourth-order valence-electron chi connectivity index (χ4n) is 4.66. The number of nitrogens with zero attached hydrogens (tertiary/aromatic N) is 3. The predicted molar refractivity (Wildman–Crippen MR) is 136 cm³/mol. The van der Waals surface area contributed by atoms with Gasteiger partial charge in [-0.3, -0.25) is 14.6 Å². The lowest BCUT2D eigenvalue weighted by Crippen LogP contribution is -2.39. The zero-order valence-electron chi connectivity index (χ0n) is 18.0. The molecule has 2 N–H and O–H groups in total. The van der Waals surface area contributed by atoms with E-state index in [1.807, 2.05) is 47.4 Å². The predicted octanol–water partition coefficient (Wildman–Crippen LogP) is 4.51. The normalized spacial score (nSPS) is 17.1.